The number of nitrogens with one attached hydrogen (secondary N) is 1. The zero-order valence-electron chi connectivity index (χ0n) is 21.2. The molecule has 4 aromatic rings. The molecule has 1 amide bonds. The van der Waals surface area contributed by atoms with Gasteiger partial charge in [-0.15, -0.1) is 0 Å². The van der Waals surface area contributed by atoms with E-state index < -0.39 is 21.4 Å². The highest BCUT2D eigenvalue weighted by atomic mass is 32.2. The van der Waals surface area contributed by atoms with E-state index in [9.17, 15) is 18.7 Å². The molecule has 5 rings (SSSR count). The number of anilines is 2. The molecule has 1 fully saturated rings. The minimum atomic E-state index is -2.23. The molecule has 9 nitrogen and oxygen atoms in total. The highest BCUT2D eigenvalue weighted by Crippen LogP contribution is 2.37. The predicted octanol–water partition coefficient (Wildman–Crippen LogP) is 3.63. The van der Waals surface area contributed by atoms with E-state index in [4.69, 9.17) is 10.7 Å². The van der Waals surface area contributed by atoms with E-state index in [-0.39, 0.29) is 36.2 Å². The molecule has 2 aromatic heterocycles. The van der Waals surface area contributed by atoms with Crippen LogP contribution in [-0.2, 0) is 9.52 Å². The first-order valence-electron chi connectivity index (χ1n) is 12.3. The van der Waals surface area contributed by atoms with E-state index in [0.717, 1.165) is 0 Å². The maximum Gasteiger partial charge on any atom is 0.255 e. The number of carbonyl (C=O) groups is 1. The minimum absolute atomic E-state index is 0.0374. The number of hydrogen-bond acceptors (Lipinski definition) is 8. The molecule has 0 radical (unpaired) electrons. The second kappa shape index (κ2) is 10.3. The molecule has 2 aromatic carbocycles. The van der Waals surface area contributed by atoms with Gasteiger partial charge in [0.15, 0.2) is 0 Å². The van der Waals surface area contributed by atoms with E-state index in [1.54, 1.807) is 4.90 Å². The SMILES string of the molecule is C=S1(=O)CCN(C(=O)c2c(-c3ccccc3)c([C@H](C)Nc3ncnc(N)c3C#N)nc3ccc(F)cc23)CC1. The number of rotatable bonds is 5. The molecule has 0 aliphatic carbocycles. The van der Waals surface area contributed by atoms with Gasteiger partial charge in [0.2, 0.25) is 0 Å². The van der Waals surface area contributed by atoms with Crippen LogP contribution in [0, 0.1) is 17.1 Å². The Labute approximate surface area is 225 Å². The molecule has 3 heterocycles. The fourth-order valence-electron chi connectivity index (χ4n) is 4.71. The molecule has 0 saturated carbocycles. The van der Waals surface area contributed by atoms with Crippen molar-refractivity contribution in [1.29, 1.82) is 5.26 Å². The Morgan fingerprint density at radius 3 is 2.62 bits per heavy atom. The summed E-state index contributed by atoms with van der Waals surface area (Å²) in [4.78, 5) is 28.7. The van der Waals surface area contributed by atoms with Gasteiger partial charge in [0.1, 0.15) is 35.4 Å². The van der Waals surface area contributed by atoms with E-state index in [2.05, 4.69) is 21.2 Å². The van der Waals surface area contributed by atoms with Gasteiger partial charge >= 0.3 is 0 Å². The normalized spacial score (nSPS) is 15.5. The van der Waals surface area contributed by atoms with Gasteiger partial charge in [0, 0.05) is 35.5 Å². The molecule has 1 atom stereocenters. The van der Waals surface area contributed by atoms with Gasteiger partial charge in [0.25, 0.3) is 5.91 Å². The van der Waals surface area contributed by atoms with Crippen molar-refractivity contribution in [2.45, 2.75) is 13.0 Å². The van der Waals surface area contributed by atoms with Crippen LogP contribution in [0.2, 0.25) is 0 Å². The van der Waals surface area contributed by atoms with Crippen molar-refractivity contribution in [1.82, 2.24) is 19.9 Å². The maximum absolute atomic E-state index is 14.6. The quantitative estimate of drug-likeness (QED) is 0.364. The topological polar surface area (TPSA) is 138 Å². The number of pyridine rings is 1. The molecule has 1 aliphatic heterocycles. The van der Waals surface area contributed by atoms with Gasteiger partial charge in [-0.2, -0.15) is 5.26 Å². The Kier molecular flexibility index (Phi) is 6.89. The average molecular weight is 544 g/mol. The maximum atomic E-state index is 14.6. The van der Waals surface area contributed by atoms with Crippen LogP contribution in [0.4, 0.5) is 16.0 Å². The summed E-state index contributed by atoms with van der Waals surface area (Å²) in [6.07, 6.45) is 1.26. The second-order valence-corrected chi connectivity index (χ2v) is 12.1. The average Bonchev–Trinajstić information content (AvgIpc) is 2.92. The Balaban J connectivity index is 1.74. The summed E-state index contributed by atoms with van der Waals surface area (Å²) < 4.78 is 27.0. The number of amides is 1. The summed E-state index contributed by atoms with van der Waals surface area (Å²) in [6.45, 7) is 2.39. The van der Waals surface area contributed by atoms with Gasteiger partial charge in [-0.1, -0.05) is 30.3 Å². The Morgan fingerprint density at radius 2 is 1.92 bits per heavy atom. The fraction of sp³-hybridized carbons (Fsp3) is 0.214. The van der Waals surface area contributed by atoms with Gasteiger partial charge in [-0.3, -0.25) is 9.00 Å². The lowest BCUT2D eigenvalue weighted by Gasteiger charge is -2.31. The fourth-order valence-corrected chi connectivity index (χ4v) is 6.02. The number of halogens is 1. The van der Waals surface area contributed by atoms with Crippen molar-refractivity contribution >= 4 is 43.8 Å². The molecule has 3 N–H and O–H groups in total. The summed E-state index contributed by atoms with van der Waals surface area (Å²) >= 11 is 0. The number of nitrogens with zero attached hydrogens (tertiary/aromatic N) is 5. The molecular weight excluding hydrogens is 517 g/mol. The van der Waals surface area contributed by atoms with Crippen LogP contribution in [0.25, 0.3) is 22.0 Å². The second-order valence-electron chi connectivity index (χ2n) is 9.40. The lowest BCUT2D eigenvalue weighted by molar-refractivity contribution is 0.0773. The number of fused-ring (bicyclic) bond motifs is 1. The zero-order chi connectivity index (χ0) is 27.7. The van der Waals surface area contributed by atoms with E-state index in [1.807, 2.05) is 43.3 Å². The Hall–Kier alpha value is -4.56. The lowest BCUT2D eigenvalue weighted by atomic mass is 9.91. The van der Waals surface area contributed by atoms with Crippen molar-refractivity contribution in [3.8, 4) is 17.2 Å². The molecule has 1 saturated heterocycles. The van der Waals surface area contributed by atoms with Gasteiger partial charge < -0.3 is 16.0 Å². The van der Waals surface area contributed by atoms with Gasteiger partial charge in [-0.05, 0) is 46.1 Å². The van der Waals surface area contributed by atoms with Crippen LogP contribution < -0.4 is 11.1 Å². The van der Waals surface area contributed by atoms with E-state index in [1.165, 1.54) is 24.5 Å². The van der Waals surface area contributed by atoms with Crippen LogP contribution in [0.3, 0.4) is 0 Å². The zero-order valence-corrected chi connectivity index (χ0v) is 22.0. The monoisotopic (exact) mass is 543 g/mol. The smallest absolute Gasteiger partial charge is 0.255 e. The highest BCUT2D eigenvalue weighted by Gasteiger charge is 2.30. The first kappa shape index (κ1) is 26.1. The number of benzene rings is 2. The van der Waals surface area contributed by atoms with Crippen LogP contribution in [-0.4, -0.2) is 60.4 Å². The number of nitrogens with two attached hydrogens (primary N) is 1. The first-order valence-corrected chi connectivity index (χ1v) is 14.3. The molecule has 1 aliphatic rings. The van der Waals surface area contributed by atoms with Crippen LogP contribution in [0.15, 0.2) is 54.9 Å². The third kappa shape index (κ3) is 5.11. The summed E-state index contributed by atoms with van der Waals surface area (Å²) in [5.74, 6) is 3.86. The van der Waals surface area contributed by atoms with Crippen molar-refractivity contribution in [3.05, 3.63) is 77.5 Å². The first-order chi connectivity index (χ1) is 18.7. The molecule has 0 bridgehead atoms. The predicted molar refractivity (Wildman–Crippen MR) is 151 cm³/mol. The molecule has 11 heteroatoms. The molecule has 39 heavy (non-hydrogen) atoms. The van der Waals surface area contributed by atoms with E-state index in [0.29, 0.717) is 44.8 Å². The largest absolute Gasteiger partial charge is 0.382 e. The minimum Gasteiger partial charge on any atom is -0.382 e. The van der Waals surface area contributed by atoms with Gasteiger partial charge in [-0.25, -0.2) is 19.3 Å². The molecule has 0 spiro atoms. The standard InChI is InChI=1S/C28H26FN7O2S/c1-17(34-27-21(15-30)26(31)32-16-33-27)25-23(18-6-4-3-5-7-18)24(20-14-19(29)8-9-22(20)35-25)28(37)36-10-12-39(2,38)13-11-36/h3-9,14,16-17H,2,10-13H2,1H3,(H3,31,32,33,34)/t17-/m0/s1. The van der Waals surface area contributed by atoms with Crippen molar-refractivity contribution in [2.24, 2.45) is 0 Å². The number of nitrogen functional groups attached to an aromatic ring is 1. The Morgan fingerprint density at radius 1 is 1.21 bits per heavy atom. The molecule has 198 valence electrons. The third-order valence-corrected chi connectivity index (χ3v) is 8.61. The van der Waals surface area contributed by atoms with Crippen LogP contribution in [0.1, 0.15) is 34.6 Å². The summed E-state index contributed by atoms with van der Waals surface area (Å²) in [7, 11) is -2.23. The highest BCUT2D eigenvalue weighted by molar-refractivity contribution is 8.00. The van der Waals surface area contributed by atoms with Crippen LogP contribution >= 0.6 is 0 Å². The van der Waals surface area contributed by atoms with Crippen molar-refractivity contribution < 1.29 is 13.4 Å². The summed E-state index contributed by atoms with van der Waals surface area (Å²) in [5.41, 5.74) is 8.45. The molecular formula is C28H26FN7O2S. The Bertz CT molecular complexity index is 1720. The number of hydrogen-bond donors (Lipinski definition) is 2. The number of carbonyl (C=O) groups excluding carboxylic acids is 1. The van der Waals surface area contributed by atoms with Gasteiger partial charge in [0.05, 0.1) is 22.8 Å². The van der Waals surface area contributed by atoms with Crippen molar-refractivity contribution in [3.63, 3.8) is 0 Å². The number of aromatic nitrogens is 3. The summed E-state index contributed by atoms with van der Waals surface area (Å²) in [5, 5.41) is 13.2. The summed E-state index contributed by atoms with van der Waals surface area (Å²) in [6, 6.07) is 14.9. The van der Waals surface area contributed by atoms with Crippen LogP contribution in [0.5, 0.6) is 0 Å². The third-order valence-electron chi connectivity index (χ3n) is 6.76. The van der Waals surface area contributed by atoms with Crippen molar-refractivity contribution in [2.75, 3.05) is 35.6 Å². The van der Waals surface area contributed by atoms with E-state index >= 15 is 0 Å². The molecule has 0 unspecified atom stereocenters. The lowest BCUT2D eigenvalue weighted by Crippen LogP contribution is -2.44. The number of nitriles is 1.